The smallest absolute Gasteiger partial charge is 0.126 e. The lowest BCUT2D eigenvalue weighted by Gasteiger charge is -2.14. The second-order valence-electron chi connectivity index (χ2n) is 5.23. The molecule has 0 fully saturated rings. The zero-order valence-electron chi connectivity index (χ0n) is 11.7. The molecular weight excluding hydrogens is 226 g/mol. The largest absolute Gasteiger partial charge is 0.340 e. The van der Waals surface area contributed by atoms with Crippen LogP contribution in [0.25, 0.3) is 11.3 Å². The SMILES string of the molecule is CCn1nc(C)c(-c2cnc(C(C)(C)N)[nH]2)c1C. The maximum absolute atomic E-state index is 6.04. The Bertz CT molecular complexity index is 556. The highest BCUT2D eigenvalue weighted by molar-refractivity contribution is 5.64. The number of aromatic nitrogens is 4. The fraction of sp³-hybridized carbons (Fsp3) is 0.538. The van der Waals surface area contributed by atoms with Crippen molar-refractivity contribution in [3.05, 3.63) is 23.4 Å². The van der Waals surface area contributed by atoms with E-state index in [-0.39, 0.29) is 0 Å². The molecule has 0 unspecified atom stereocenters. The topological polar surface area (TPSA) is 72.5 Å². The molecule has 0 atom stereocenters. The van der Waals surface area contributed by atoms with E-state index in [9.17, 15) is 0 Å². The molecule has 5 nitrogen and oxygen atoms in total. The van der Waals surface area contributed by atoms with E-state index in [1.54, 1.807) is 0 Å². The van der Waals surface area contributed by atoms with Crippen LogP contribution in [0.15, 0.2) is 6.20 Å². The normalized spacial score (nSPS) is 12.1. The quantitative estimate of drug-likeness (QED) is 0.872. The first-order valence-electron chi connectivity index (χ1n) is 6.23. The summed E-state index contributed by atoms with van der Waals surface area (Å²) in [5.74, 6) is 0.792. The second-order valence-corrected chi connectivity index (χ2v) is 5.23. The van der Waals surface area contributed by atoms with Crippen LogP contribution in [-0.4, -0.2) is 19.7 Å². The monoisotopic (exact) mass is 247 g/mol. The predicted octanol–water partition coefficient (Wildman–Crippen LogP) is 2.10. The Kier molecular flexibility index (Phi) is 3.02. The van der Waals surface area contributed by atoms with Gasteiger partial charge in [0, 0.05) is 17.8 Å². The molecule has 0 aliphatic heterocycles. The summed E-state index contributed by atoms with van der Waals surface area (Å²) in [7, 11) is 0. The van der Waals surface area contributed by atoms with Gasteiger partial charge in [0.1, 0.15) is 5.82 Å². The van der Waals surface area contributed by atoms with Gasteiger partial charge in [-0.05, 0) is 34.6 Å². The zero-order chi connectivity index (χ0) is 13.5. The molecule has 98 valence electrons. The van der Waals surface area contributed by atoms with E-state index in [1.165, 1.54) is 0 Å². The summed E-state index contributed by atoms with van der Waals surface area (Å²) in [5, 5.41) is 4.51. The minimum atomic E-state index is -0.458. The molecule has 18 heavy (non-hydrogen) atoms. The highest BCUT2D eigenvalue weighted by atomic mass is 15.3. The van der Waals surface area contributed by atoms with Crippen molar-refractivity contribution in [2.45, 2.75) is 46.7 Å². The molecule has 0 saturated heterocycles. The van der Waals surface area contributed by atoms with Crippen LogP contribution in [0.5, 0.6) is 0 Å². The fourth-order valence-corrected chi connectivity index (χ4v) is 2.17. The molecule has 0 aliphatic rings. The lowest BCUT2D eigenvalue weighted by atomic mass is 10.1. The molecule has 0 radical (unpaired) electrons. The summed E-state index contributed by atoms with van der Waals surface area (Å²) in [6, 6.07) is 0. The number of nitrogens with two attached hydrogens (primary N) is 1. The first-order chi connectivity index (χ1) is 8.34. The maximum atomic E-state index is 6.04. The Hall–Kier alpha value is -1.62. The van der Waals surface area contributed by atoms with Gasteiger partial charge in [0.2, 0.25) is 0 Å². The van der Waals surface area contributed by atoms with E-state index >= 15 is 0 Å². The number of aromatic amines is 1. The molecule has 2 aromatic heterocycles. The van der Waals surface area contributed by atoms with Crippen LogP contribution < -0.4 is 5.73 Å². The lowest BCUT2D eigenvalue weighted by Crippen LogP contribution is -2.30. The Labute approximate surface area is 107 Å². The first-order valence-corrected chi connectivity index (χ1v) is 6.23. The van der Waals surface area contributed by atoms with Crippen molar-refractivity contribution >= 4 is 0 Å². The van der Waals surface area contributed by atoms with Gasteiger partial charge in [0.25, 0.3) is 0 Å². The predicted molar refractivity (Wildman–Crippen MR) is 72.2 cm³/mol. The van der Waals surface area contributed by atoms with Crippen molar-refractivity contribution < 1.29 is 0 Å². The van der Waals surface area contributed by atoms with E-state index < -0.39 is 5.54 Å². The summed E-state index contributed by atoms with van der Waals surface area (Å²) < 4.78 is 2.00. The van der Waals surface area contributed by atoms with Crippen molar-refractivity contribution in [2.24, 2.45) is 5.73 Å². The third kappa shape index (κ3) is 2.06. The average molecular weight is 247 g/mol. The zero-order valence-corrected chi connectivity index (χ0v) is 11.7. The number of rotatable bonds is 3. The Morgan fingerprint density at radius 2 is 2.06 bits per heavy atom. The highest BCUT2D eigenvalue weighted by Gasteiger charge is 2.20. The fourth-order valence-electron chi connectivity index (χ4n) is 2.17. The van der Waals surface area contributed by atoms with Crippen LogP contribution in [0, 0.1) is 13.8 Å². The molecule has 0 bridgehead atoms. The lowest BCUT2D eigenvalue weighted by molar-refractivity contribution is 0.520. The van der Waals surface area contributed by atoms with E-state index in [4.69, 9.17) is 5.73 Å². The third-order valence-corrected chi connectivity index (χ3v) is 3.14. The van der Waals surface area contributed by atoms with Crippen molar-refractivity contribution in [2.75, 3.05) is 0 Å². The van der Waals surface area contributed by atoms with Gasteiger partial charge in [0.05, 0.1) is 23.1 Å². The molecule has 2 heterocycles. The summed E-state index contributed by atoms with van der Waals surface area (Å²) in [5.41, 5.74) is 9.86. The van der Waals surface area contributed by atoms with Gasteiger partial charge in [-0.2, -0.15) is 5.10 Å². The summed E-state index contributed by atoms with van der Waals surface area (Å²) in [4.78, 5) is 7.66. The van der Waals surface area contributed by atoms with E-state index in [1.807, 2.05) is 31.6 Å². The van der Waals surface area contributed by atoms with Crippen LogP contribution in [0.4, 0.5) is 0 Å². The molecule has 0 aliphatic carbocycles. The van der Waals surface area contributed by atoms with Crippen LogP contribution in [0.2, 0.25) is 0 Å². The van der Waals surface area contributed by atoms with Crippen LogP contribution >= 0.6 is 0 Å². The van der Waals surface area contributed by atoms with E-state index in [2.05, 4.69) is 28.9 Å². The van der Waals surface area contributed by atoms with Crippen LogP contribution in [0.3, 0.4) is 0 Å². The summed E-state index contributed by atoms with van der Waals surface area (Å²) in [6.45, 7) is 10.9. The van der Waals surface area contributed by atoms with Crippen LogP contribution in [0.1, 0.15) is 38.0 Å². The van der Waals surface area contributed by atoms with Crippen molar-refractivity contribution in [1.29, 1.82) is 0 Å². The van der Waals surface area contributed by atoms with Crippen molar-refractivity contribution in [3.8, 4) is 11.3 Å². The number of nitrogens with one attached hydrogen (secondary N) is 1. The van der Waals surface area contributed by atoms with Gasteiger partial charge in [0.15, 0.2) is 0 Å². The summed E-state index contributed by atoms with van der Waals surface area (Å²) in [6.07, 6.45) is 1.83. The van der Waals surface area contributed by atoms with Gasteiger partial charge in [-0.15, -0.1) is 0 Å². The number of imidazole rings is 1. The molecular formula is C13H21N5. The molecule has 0 amide bonds. The minimum Gasteiger partial charge on any atom is -0.340 e. The van der Waals surface area contributed by atoms with Crippen molar-refractivity contribution in [3.63, 3.8) is 0 Å². The molecule has 5 heteroatoms. The molecule has 0 saturated carbocycles. The summed E-state index contributed by atoms with van der Waals surface area (Å²) >= 11 is 0. The van der Waals surface area contributed by atoms with Crippen molar-refractivity contribution in [1.82, 2.24) is 19.7 Å². The molecule has 3 N–H and O–H groups in total. The number of hydrogen-bond acceptors (Lipinski definition) is 3. The van der Waals surface area contributed by atoms with Gasteiger partial charge in [-0.3, -0.25) is 4.68 Å². The standard InChI is InChI=1S/C13H21N5/c1-6-18-9(3)11(8(2)17-18)10-7-15-12(16-10)13(4,5)14/h7H,6,14H2,1-5H3,(H,15,16). The Balaban J connectivity index is 2.50. The molecule has 0 aromatic carbocycles. The molecule has 2 aromatic rings. The van der Waals surface area contributed by atoms with Crippen LogP contribution in [-0.2, 0) is 12.1 Å². The maximum Gasteiger partial charge on any atom is 0.126 e. The number of aryl methyl sites for hydroxylation is 2. The molecule has 2 rings (SSSR count). The van der Waals surface area contributed by atoms with Gasteiger partial charge < -0.3 is 10.7 Å². The van der Waals surface area contributed by atoms with Gasteiger partial charge >= 0.3 is 0 Å². The first kappa shape index (κ1) is 12.8. The number of hydrogen-bond donors (Lipinski definition) is 2. The Morgan fingerprint density at radius 1 is 1.39 bits per heavy atom. The highest BCUT2D eigenvalue weighted by Crippen LogP contribution is 2.26. The second kappa shape index (κ2) is 4.24. The third-order valence-electron chi connectivity index (χ3n) is 3.14. The van der Waals surface area contributed by atoms with Gasteiger partial charge in [-0.25, -0.2) is 4.98 Å². The number of nitrogens with zero attached hydrogens (tertiary/aromatic N) is 3. The number of H-pyrrole nitrogens is 1. The average Bonchev–Trinajstić information content (AvgIpc) is 2.83. The van der Waals surface area contributed by atoms with E-state index in [0.29, 0.717) is 0 Å². The Morgan fingerprint density at radius 3 is 2.50 bits per heavy atom. The minimum absolute atomic E-state index is 0.458. The van der Waals surface area contributed by atoms with Gasteiger partial charge in [-0.1, -0.05) is 0 Å². The van der Waals surface area contributed by atoms with E-state index in [0.717, 1.165) is 35.0 Å². The molecule has 0 spiro atoms.